The van der Waals surface area contributed by atoms with Gasteiger partial charge < -0.3 is 15.0 Å². The summed E-state index contributed by atoms with van der Waals surface area (Å²) in [7, 11) is 1.56. The van der Waals surface area contributed by atoms with Crippen molar-refractivity contribution in [3.63, 3.8) is 0 Å². The molecule has 0 unspecified atom stereocenters. The van der Waals surface area contributed by atoms with E-state index < -0.39 is 6.04 Å². The summed E-state index contributed by atoms with van der Waals surface area (Å²) in [4.78, 5) is 28.0. The normalized spacial score (nSPS) is 11.6. The minimum absolute atomic E-state index is 0.135. The molecule has 0 heterocycles. The van der Waals surface area contributed by atoms with Gasteiger partial charge in [0.15, 0.2) is 6.61 Å². The van der Waals surface area contributed by atoms with Crippen LogP contribution in [0.2, 0.25) is 10.0 Å². The van der Waals surface area contributed by atoms with Gasteiger partial charge in [-0.15, -0.1) is 0 Å². The third-order valence-corrected chi connectivity index (χ3v) is 6.16. The fraction of sp³-hybridized carbons (Fsp3) is 0.259. The van der Waals surface area contributed by atoms with Crippen LogP contribution < -0.4 is 10.1 Å². The number of benzene rings is 3. The molecule has 3 aromatic rings. The van der Waals surface area contributed by atoms with Crippen LogP contribution in [0.25, 0.3) is 0 Å². The van der Waals surface area contributed by atoms with E-state index in [0.717, 1.165) is 16.7 Å². The number of carbonyl (C=O) groups excluding carboxylic acids is 2. The maximum Gasteiger partial charge on any atom is 0.261 e. The number of hydrogen-bond donors (Lipinski definition) is 1. The molecule has 34 heavy (non-hydrogen) atoms. The van der Waals surface area contributed by atoms with Gasteiger partial charge in [-0.25, -0.2) is 0 Å². The summed E-state index contributed by atoms with van der Waals surface area (Å²) in [5.41, 5.74) is 3.59. The Labute approximate surface area is 210 Å². The van der Waals surface area contributed by atoms with Crippen LogP contribution in [-0.4, -0.2) is 36.4 Å². The molecule has 178 valence electrons. The summed E-state index contributed by atoms with van der Waals surface area (Å²) >= 11 is 12.5. The van der Waals surface area contributed by atoms with Crippen molar-refractivity contribution in [2.45, 2.75) is 32.9 Å². The lowest BCUT2D eigenvalue weighted by molar-refractivity contribution is -0.142. The lowest BCUT2D eigenvalue weighted by Crippen LogP contribution is -2.51. The molecule has 0 bridgehead atoms. The standard InChI is InChI=1S/C27H28Cl2N2O3/c1-18-9-10-19(2)25(13-18)34-17-26(32)31(16-21-11-12-22(28)15-23(21)29)24(27(33)30-3)14-20-7-5-4-6-8-20/h4-13,15,24H,14,16-17H2,1-3H3,(H,30,33)/t24-/m1/s1. The van der Waals surface area contributed by atoms with Gasteiger partial charge in [0.1, 0.15) is 11.8 Å². The smallest absolute Gasteiger partial charge is 0.261 e. The summed E-state index contributed by atoms with van der Waals surface area (Å²) in [6.07, 6.45) is 0.348. The first kappa shape index (κ1) is 25.6. The number of carbonyl (C=O) groups is 2. The molecule has 0 saturated carbocycles. The van der Waals surface area contributed by atoms with Crippen molar-refractivity contribution < 1.29 is 14.3 Å². The molecule has 3 rings (SSSR count). The second-order valence-corrected chi connectivity index (χ2v) is 8.98. The molecular weight excluding hydrogens is 471 g/mol. The quantitative estimate of drug-likeness (QED) is 0.431. The summed E-state index contributed by atoms with van der Waals surface area (Å²) in [6, 6.07) is 19.8. The van der Waals surface area contributed by atoms with Crippen LogP contribution in [0.1, 0.15) is 22.3 Å². The van der Waals surface area contributed by atoms with Gasteiger partial charge in [-0.05, 0) is 54.3 Å². The first-order valence-electron chi connectivity index (χ1n) is 11.0. The molecular formula is C27H28Cl2N2O3. The van der Waals surface area contributed by atoms with Crippen molar-refractivity contribution in [3.05, 3.63) is 99.0 Å². The van der Waals surface area contributed by atoms with E-state index in [9.17, 15) is 9.59 Å². The first-order chi connectivity index (χ1) is 16.3. The maximum atomic E-state index is 13.5. The Balaban J connectivity index is 1.92. The van der Waals surface area contributed by atoms with Crippen LogP contribution in [0, 0.1) is 13.8 Å². The Morgan fingerprint density at radius 1 is 1.00 bits per heavy atom. The fourth-order valence-electron chi connectivity index (χ4n) is 3.64. The lowest BCUT2D eigenvalue weighted by Gasteiger charge is -2.31. The van der Waals surface area contributed by atoms with Gasteiger partial charge in [-0.2, -0.15) is 0 Å². The highest BCUT2D eigenvalue weighted by molar-refractivity contribution is 6.35. The summed E-state index contributed by atoms with van der Waals surface area (Å²) in [5.74, 6) is 0.0443. The monoisotopic (exact) mass is 498 g/mol. The predicted molar refractivity (Wildman–Crippen MR) is 136 cm³/mol. The van der Waals surface area contributed by atoms with E-state index in [1.54, 1.807) is 25.2 Å². The van der Waals surface area contributed by atoms with Crippen molar-refractivity contribution in [1.29, 1.82) is 0 Å². The van der Waals surface area contributed by atoms with Crippen LogP contribution in [0.5, 0.6) is 5.75 Å². The van der Waals surface area contributed by atoms with Crippen molar-refractivity contribution in [2.24, 2.45) is 0 Å². The molecule has 0 radical (unpaired) electrons. The number of nitrogens with zero attached hydrogens (tertiary/aromatic N) is 1. The Morgan fingerprint density at radius 2 is 1.74 bits per heavy atom. The zero-order chi connectivity index (χ0) is 24.7. The van der Waals surface area contributed by atoms with E-state index in [1.807, 2.05) is 62.4 Å². The zero-order valence-corrected chi connectivity index (χ0v) is 21.0. The average molecular weight is 499 g/mol. The third kappa shape index (κ3) is 6.75. The molecule has 0 aromatic heterocycles. The van der Waals surface area contributed by atoms with Gasteiger partial charge in [-0.1, -0.05) is 71.7 Å². The number of aryl methyl sites for hydroxylation is 2. The molecule has 1 N–H and O–H groups in total. The van der Waals surface area contributed by atoms with E-state index >= 15 is 0 Å². The second kappa shape index (κ2) is 11.9. The van der Waals surface area contributed by atoms with Crippen LogP contribution in [0.4, 0.5) is 0 Å². The number of amides is 2. The minimum Gasteiger partial charge on any atom is -0.483 e. The first-order valence-corrected chi connectivity index (χ1v) is 11.7. The summed E-state index contributed by atoms with van der Waals surface area (Å²) in [5, 5.41) is 3.62. The largest absolute Gasteiger partial charge is 0.483 e. The van der Waals surface area contributed by atoms with E-state index in [-0.39, 0.29) is 25.0 Å². The highest BCUT2D eigenvalue weighted by atomic mass is 35.5. The van der Waals surface area contributed by atoms with Crippen molar-refractivity contribution >= 4 is 35.0 Å². The van der Waals surface area contributed by atoms with Gasteiger partial charge >= 0.3 is 0 Å². The van der Waals surface area contributed by atoms with Crippen molar-refractivity contribution in [2.75, 3.05) is 13.7 Å². The molecule has 0 aliphatic carbocycles. The molecule has 0 fully saturated rings. The number of hydrogen-bond acceptors (Lipinski definition) is 3. The maximum absolute atomic E-state index is 13.5. The van der Waals surface area contributed by atoms with Crippen LogP contribution in [0.15, 0.2) is 66.7 Å². The molecule has 0 aliphatic heterocycles. The Morgan fingerprint density at radius 3 is 2.41 bits per heavy atom. The van der Waals surface area contributed by atoms with Gasteiger partial charge in [0.25, 0.3) is 5.91 Å². The van der Waals surface area contributed by atoms with Gasteiger partial charge in [0, 0.05) is 30.1 Å². The minimum atomic E-state index is -0.756. The highest BCUT2D eigenvalue weighted by Gasteiger charge is 2.30. The number of nitrogens with one attached hydrogen (secondary N) is 1. The third-order valence-electron chi connectivity index (χ3n) is 5.57. The molecule has 0 aliphatic rings. The number of rotatable bonds is 9. The molecule has 5 nitrogen and oxygen atoms in total. The molecule has 0 spiro atoms. The van der Waals surface area contributed by atoms with E-state index in [4.69, 9.17) is 27.9 Å². The SMILES string of the molecule is CNC(=O)[C@@H](Cc1ccccc1)N(Cc1ccc(Cl)cc1Cl)C(=O)COc1cc(C)ccc1C. The second-order valence-electron chi connectivity index (χ2n) is 8.13. The van der Waals surface area contributed by atoms with Crippen molar-refractivity contribution in [1.82, 2.24) is 10.2 Å². The van der Waals surface area contributed by atoms with Crippen LogP contribution >= 0.6 is 23.2 Å². The molecule has 0 saturated heterocycles. The average Bonchev–Trinajstić information content (AvgIpc) is 2.83. The van der Waals surface area contributed by atoms with E-state index in [0.29, 0.717) is 27.8 Å². The van der Waals surface area contributed by atoms with E-state index in [2.05, 4.69) is 5.32 Å². The van der Waals surface area contributed by atoms with Gasteiger partial charge in [0.2, 0.25) is 5.91 Å². The lowest BCUT2D eigenvalue weighted by atomic mass is 10.0. The number of halogens is 2. The molecule has 2 amide bonds. The zero-order valence-electron chi connectivity index (χ0n) is 19.5. The summed E-state index contributed by atoms with van der Waals surface area (Å²) < 4.78 is 5.88. The molecule has 7 heteroatoms. The molecule has 3 aromatic carbocycles. The van der Waals surface area contributed by atoms with Gasteiger partial charge in [-0.3, -0.25) is 9.59 Å². The molecule has 1 atom stereocenters. The predicted octanol–water partition coefficient (Wildman–Crippen LogP) is 5.38. The Hall–Kier alpha value is -3.02. The van der Waals surface area contributed by atoms with Crippen LogP contribution in [0.3, 0.4) is 0 Å². The summed E-state index contributed by atoms with van der Waals surface area (Å²) in [6.45, 7) is 3.81. The van der Waals surface area contributed by atoms with E-state index in [1.165, 1.54) is 4.90 Å². The Kier molecular flexibility index (Phi) is 8.97. The van der Waals surface area contributed by atoms with Gasteiger partial charge in [0.05, 0.1) is 0 Å². The van der Waals surface area contributed by atoms with Crippen LogP contribution in [-0.2, 0) is 22.6 Å². The topological polar surface area (TPSA) is 58.6 Å². The Bertz CT molecular complexity index is 1150. The number of ether oxygens (including phenoxy) is 1. The highest BCUT2D eigenvalue weighted by Crippen LogP contribution is 2.25. The van der Waals surface area contributed by atoms with Crippen molar-refractivity contribution in [3.8, 4) is 5.75 Å². The fourth-order valence-corrected chi connectivity index (χ4v) is 4.11. The number of likely N-dealkylation sites (N-methyl/N-ethyl adjacent to an activating group) is 1.